The number of carboxylic acid groups (broad SMARTS) is 1. The van der Waals surface area contributed by atoms with Gasteiger partial charge in [-0.05, 0) is 31.6 Å². The normalized spacial score (nSPS) is 27.3. The van der Waals surface area contributed by atoms with Crippen LogP contribution in [0.15, 0.2) is 0 Å². The maximum absolute atomic E-state index is 11.4. The highest BCUT2D eigenvalue weighted by Gasteiger charge is 2.24. The summed E-state index contributed by atoms with van der Waals surface area (Å²) in [4.78, 5) is 22.0. The second-order valence-corrected chi connectivity index (χ2v) is 4.62. The largest absolute Gasteiger partial charge is 0.480 e. The fourth-order valence-electron chi connectivity index (χ4n) is 2.13. The van der Waals surface area contributed by atoms with E-state index in [1.54, 1.807) is 0 Å². The fraction of sp³-hybridized carbons (Fsp3) is 0.818. The molecule has 0 spiro atoms. The third-order valence-corrected chi connectivity index (χ3v) is 3.03. The van der Waals surface area contributed by atoms with Crippen molar-refractivity contribution >= 4 is 11.9 Å². The van der Waals surface area contributed by atoms with E-state index in [1.165, 1.54) is 13.3 Å². The van der Waals surface area contributed by atoms with Gasteiger partial charge < -0.3 is 10.4 Å². The van der Waals surface area contributed by atoms with Crippen molar-refractivity contribution in [3.8, 4) is 0 Å². The Labute approximate surface area is 90.0 Å². The van der Waals surface area contributed by atoms with Gasteiger partial charge in [0.15, 0.2) is 0 Å². The third kappa shape index (κ3) is 3.90. The van der Waals surface area contributed by atoms with Crippen molar-refractivity contribution in [2.75, 3.05) is 0 Å². The number of rotatable bonds is 4. The first kappa shape index (κ1) is 12.0. The minimum Gasteiger partial charge on any atom is -0.480 e. The Morgan fingerprint density at radius 3 is 2.60 bits per heavy atom. The highest BCUT2D eigenvalue weighted by atomic mass is 16.4. The van der Waals surface area contributed by atoms with Gasteiger partial charge in [0.2, 0.25) is 5.91 Å². The Morgan fingerprint density at radius 2 is 2.13 bits per heavy atom. The van der Waals surface area contributed by atoms with Crippen LogP contribution in [0.5, 0.6) is 0 Å². The van der Waals surface area contributed by atoms with E-state index >= 15 is 0 Å². The molecular weight excluding hydrogens is 194 g/mol. The highest BCUT2D eigenvalue weighted by molar-refractivity contribution is 5.83. The van der Waals surface area contributed by atoms with Crippen LogP contribution in [0.4, 0.5) is 0 Å². The summed E-state index contributed by atoms with van der Waals surface area (Å²) in [5, 5.41) is 11.1. The van der Waals surface area contributed by atoms with E-state index in [0.717, 1.165) is 12.8 Å². The zero-order valence-corrected chi connectivity index (χ0v) is 9.32. The number of hydrogen-bond donors (Lipinski definition) is 2. The molecule has 2 N–H and O–H groups in total. The summed E-state index contributed by atoms with van der Waals surface area (Å²) in [5.74, 6) is 0.0350. The summed E-state index contributed by atoms with van der Waals surface area (Å²) >= 11 is 0. The van der Waals surface area contributed by atoms with Crippen molar-refractivity contribution in [1.82, 2.24) is 5.32 Å². The second kappa shape index (κ2) is 5.14. The number of carboxylic acids is 1. The summed E-state index contributed by atoms with van der Waals surface area (Å²) in [5.41, 5.74) is 0. The molecule has 4 nitrogen and oxygen atoms in total. The molecule has 1 amide bonds. The number of nitrogens with one attached hydrogen (secondary N) is 1. The molecule has 4 heteroatoms. The van der Waals surface area contributed by atoms with Gasteiger partial charge in [0.25, 0.3) is 0 Å². The molecule has 1 aliphatic carbocycles. The molecular formula is C11H19NO3. The van der Waals surface area contributed by atoms with Gasteiger partial charge in [0, 0.05) is 6.42 Å². The van der Waals surface area contributed by atoms with Gasteiger partial charge in [-0.15, -0.1) is 0 Å². The van der Waals surface area contributed by atoms with E-state index < -0.39 is 12.0 Å². The second-order valence-electron chi connectivity index (χ2n) is 4.62. The van der Waals surface area contributed by atoms with E-state index in [1.807, 2.05) is 0 Å². The van der Waals surface area contributed by atoms with Gasteiger partial charge in [-0.1, -0.05) is 13.3 Å². The highest BCUT2D eigenvalue weighted by Crippen LogP contribution is 2.32. The Hall–Kier alpha value is -1.06. The van der Waals surface area contributed by atoms with Crippen molar-refractivity contribution in [2.24, 2.45) is 11.8 Å². The first-order chi connectivity index (χ1) is 6.99. The summed E-state index contributed by atoms with van der Waals surface area (Å²) in [7, 11) is 0. The van der Waals surface area contributed by atoms with E-state index in [9.17, 15) is 9.59 Å². The summed E-state index contributed by atoms with van der Waals surface area (Å²) < 4.78 is 0. The fourth-order valence-corrected chi connectivity index (χ4v) is 2.13. The van der Waals surface area contributed by atoms with Crippen molar-refractivity contribution < 1.29 is 14.7 Å². The lowest BCUT2D eigenvalue weighted by Gasteiger charge is -2.12. The summed E-state index contributed by atoms with van der Waals surface area (Å²) in [6, 6.07) is -0.781. The molecule has 0 aromatic rings. The van der Waals surface area contributed by atoms with Crippen LogP contribution in [0.1, 0.15) is 39.5 Å². The lowest BCUT2D eigenvalue weighted by molar-refractivity contribution is -0.141. The topological polar surface area (TPSA) is 66.4 Å². The lowest BCUT2D eigenvalue weighted by Crippen LogP contribution is -2.38. The van der Waals surface area contributed by atoms with Crippen LogP contribution in [0.3, 0.4) is 0 Å². The zero-order chi connectivity index (χ0) is 11.4. The number of carbonyl (C=O) groups is 2. The molecule has 0 aliphatic heterocycles. The molecule has 0 aromatic carbocycles. The third-order valence-electron chi connectivity index (χ3n) is 3.03. The number of carbonyl (C=O) groups excluding carboxylic acids is 1. The van der Waals surface area contributed by atoms with Crippen LogP contribution in [0, 0.1) is 11.8 Å². The minimum atomic E-state index is -0.983. The van der Waals surface area contributed by atoms with Gasteiger partial charge in [-0.2, -0.15) is 0 Å². The SMILES string of the molecule is CC1CCC(CC(=O)NC(C)C(=O)O)C1. The van der Waals surface area contributed by atoms with Gasteiger partial charge in [0.1, 0.15) is 6.04 Å². The molecule has 3 unspecified atom stereocenters. The quantitative estimate of drug-likeness (QED) is 0.741. The predicted octanol–water partition coefficient (Wildman–Crippen LogP) is 1.40. The molecule has 0 bridgehead atoms. The first-order valence-electron chi connectivity index (χ1n) is 5.51. The van der Waals surface area contributed by atoms with E-state index in [0.29, 0.717) is 18.3 Å². The van der Waals surface area contributed by atoms with Gasteiger partial charge in [-0.25, -0.2) is 0 Å². The van der Waals surface area contributed by atoms with Crippen molar-refractivity contribution in [1.29, 1.82) is 0 Å². The minimum absolute atomic E-state index is 0.135. The number of hydrogen-bond acceptors (Lipinski definition) is 2. The molecule has 0 saturated heterocycles. The first-order valence-corrected chi connectivity index (χ1v) is 5.51. The maximum Gasteiger partial charge on any atom is 0.325 e. The van der Waals surface area contributed by atoms with E-state index in [2.05, 4.69) is 12.2 Å². The molecule has 0 radical (unpaired) electrons. The van der Waals surface area contributed by atoms with Crippen molar-refractivity contribution in [2.45, 2.75) is 45.6 Å². The molecule has 1 aliphatic rings. The van der Waals surface area contributed by atoms with Gasteiger partial charge in [0.05, 0.1) is 0 Å². The Kier molecular flexibility index (Phi) is 4.12. The molecule has 0 aromatic heterocycles. The van der Waals surface area contributed by atoms with Gasteiger partial charge in [-0.3, -0.25) is 9.59 Å². The monoisotopic (exact) mass is 213 g/mol. The molecule has 3 atom stereocenters. The number of amides is 1. The lowest BCUT2D eigenvalue weighted by atomic mass is 10.0. The van der Waals surface area contributed by atoms with Crippen LogP contribution in [-0.4, -0.2) is 23.0 Å². The average molecular weight is 213 g/mol. The summed E-state index contributed by atoms with van der Waals surface area (Å²) in [6.07, 6.45) is 3.85. The molecule has 86 valence electrons. The van der Waals surface area contributed by atoms with E-state index in [4.69, 9.17) is 5.11 Å². The van der Waals surface area contributed by atoms with Crippen LogP contribution in [-0.2, 0) is 9.59 Å². The molecule has 15 heavy (non-hydrogen) atoms. The maximum atomic E-state index is 11.4. The van der Waals surface area contributed by atoms with Crippen molar-refractivity contribution in [3.05, 3.63) is 0 Å². The average Bonchev–Trinajstić information content (AvgIpc) is 2.50. The molecule has 0 heterocycles. The smallest absolute Gasteiger partial charge is 0.325 e. The standard InChI is InChI=1S/C11H19NO3/c1-7-3-4-9(5-7)6-10(13)12-8(2)11(14)15/h7-9H,3-6H2,1-2H3,(H,12,13)(H,14,15). The Morgan fingerprint density at radius 1 is 1.47 bits per heavy atom. The number of aliphatic carboxylic acids is 1. The van der Waals surface area contributed by atoms with Crippen LogP contribution in [0.25, 0.3) is 0 Å². The van der Waals surface area contributed by atoms with Crippen LogP contribution >= 0.6 is 0 Å². The zero-order valence-electron chi connectivity index (χ0n) is 9.32. The van der Waals surface area contributed by atoms with Crippen LogP contribution in [0.2, 0.25) is 0 Å². The Balaban J connectivity index is 2.27. The van der Waals surface area contributed by atoms with Gasteiger partial charge >= 0.3 is 5.97 Å². The molecule has 1 fully saturated rings. The molecule has 1 rings (SSSR count). The predicted molar refractivity (Wildman–Crippen MR) is 56.4 cm³/mol. The summed E-state index contributed by atoms with van der Waals surface area (Å²) in [6.45, 7) is 3.68. The Bertz CT molecular complexity index is 252. The van der Waals surface area contributed by atoms with Crippen molar-refractivity contribution in [3.63, 3.8) is 0 Å². The van der Waals surface area contributed by atoms with Crippen LogP contribution < -0.4 is 5.32 Å². The van der Waals surface area contributed by atoms with E-state index in [-0.39, 0.29) is 5.91 Å². The molecule has 1 saturated carbocycles.